The van der Waals surface area contributed by atoms with E-state index in [1.165, 1.54) is 23.1 Å². The van der Waals surface area contributed by atoms with Crippen molar-refractivity contribution in [2.45, 2.75) is 0 Å². The standard InChI is InChI=1S/C15H17FN6O4/c16-12-2-1-3-13(10-12)21-15(25)22(18-17-21)14(24)20-6-4-19(5-7-20)8-9-26-11-23/h1-3,10-11H,4-9H2. The quantitative estimate of drug-likeness (QED) is 0.394. The fourth-order valence-corrected chi connectivity index (χ4v) is 2.66. The van der Waals surface area contributed by atoms with Crippen LogP contribution in [0.3, 0.4) is 0 Å². The maximum Gasteiger partial charge on any atom is 0.377 e. The van der Waals surface area contributed by atoms with E-state index in [9.17, 15) is 18.8 Å². The first-order valence-electron chi connectivity index (χ1n) is 7.98. The minimum absolute atomic E-state index is 0.189. The number of benzene rings is 1. The fourth-order valence-electron chi connectivity index (χ4n) is 2.66. The summed E-state index contributed by atoms with van der Waals surface area (Å²) < 4.78 is 19.5. The summed E-state index contributed by atoms with van der Waals surface area (Å²) in [6, 6.07) is 4.72. The Morgan fingerprint density at radius 1 is 1.23 bits per heavy atom. The molecule has 0 aliphatic carbocycles. The first-order chi connectivity index (χ1) is 12.6. The zero-order chi connectivity index (χ0) is 18.5. The maximum absolute atomic E-state index is 13.3. The van der Waals surface area contributed by atoms with Gasteiger partial charge in [-0.25, -0.2) is 14.0 Å². The van der Waals surface area contributed by atoms with Gasteiger partial charge in [0.05, 0.1) is 5.69 Å². The van der Waals surface area contributed by atoms with Crippen molar-refractivity contribution in [1.82, 2.24) is 29.6 Å². The van der Waals surface area contributed by atoms with E-state index in [0.29, 0.717) is 50.5 Å². The van der Waals surface area contributed by atoms with Crippen molar-refractivity contribution in [1.29, 1.82) is 0 Å². The van der Waals surface area contributed by atoms with Crippen molar-refractivity contribution in [3.8, 4) is 5.69 Å². The number of nitrogens with zero attached hydrogens (tertiary/aromatic N) is 6. The molecule has 3 rings (SSSR count). The molecule has 0 saturated carbocycles. The number of piperazine rings is 1. The number of amides is 1. The highest BCUT2D eigenvalue weighted by molar-refractivity contribution is 5.75. The predicted octanol–water partition coefficient (Wildman–Crippen LogP) is -0.673. The topological polar surface area (TPSA) is 103 Å². The van der Waals surface area contributed by atoms with E-state index < -0.39 is 17.5 Å². The number of halogens is 1. The summed E-state index contributed by atoms with van der Waals surface area (Å²) in [6.07, 6.45) is 0. The molecule has 0 spiro atoms. The Morgan fingerprint density at radius 3 is 2.69 bits per heavy atom. The molecule has 0 unspecified atom stereocenters. The molecule has 1 aromatic heterocycles. The number of carbonyl (C=O) groups is 2. The zero-order valence-electron chi connectivity index (χ0n) is 13.8. The van der Waals surface area contributed by atoms with Gasteiger partial charge >= 0.3 is 11.7 Å². The molecule has 11 heteroatoms. The van der Waals surface area contributed by atoms with Crippen LogP contribution in [0.5, 0.6) is 0 Å². The Balaban J connectivity index is 1.66. The first kappa shape index (κ1) is 17.7. The summed E-state index contributed by atoms with van der Waals surface area (Å²) in [5.41, 5.74) is -0.573. The second-order valence-corrected chi connectivity index (χ2v) is 5.64. The molecule has 138 valence electrons. The molecular formula is C15H17FN6O4. The van der Waals surface area contributed by atoms with Gasteiger partial charge in [-0.2, -0.15) is 4.68 Å². The van der Waals surface area contributed by atoms with Gasteiger partial charge in [-0.1, -0.05) is 6.07 Å². The molecule has 1 aromatic carbocycles. The van der Waals surface area contributed by atoms with Crippen LogP contribution in [0.4, 0.5) is 9.18 Å². The van der Waals surface area contributed by atoms with Crippen molar-refractivity contribution in [3.63, 3.8) is 0 Å². The van der Waals surface area contributed by atoms with E-state index >= 15 is 0 Å². The maximum atomic E-state index is 13.3. The Bertz CT molecular complexity index is 843. The Labute approximate surface area is 147 Å². The number of hydrogen-bond donors (Lipinski definition) is 0. The van der Waals surface area contributed by atoms with Crippen molar-refractivity contribution in [2.24, 2.45) is 0 Å². The van der Waals surface area contributed by atoms with Crippen LogP contribution in [-0.2, 0) is 9.53 Å². The molecule has 0 bridgehead atoms. The number of aromatic nitrogens is 4. The molecule has 2 aromatic rings. The zero-order valence-corrected chi connectivity index (χ0v) is 13.8. The van der Waals surface area contributed by atoms with Crippen molar-refractivity contribution in [2.75, 3.05) is 39.3 Å². The van der Waals surface area contributed by atoms with Crippen LogP contribution in [0.25, 0.3) is 5.69 Å². The number of hydrogen-bond acceptors (Lipinski definition) is 7. The highest BCUT2D eigenvalue weighted by Gasteiger charge is 2.25. The Morgan fingerprint density at radius 2 is 2.00 bits per heavy atom. The van der Waals surface area contributed by atoms with Gasteiger partial charge in [-0.3, -0.25) is 9.69 Å². The molecule has 1 fully saturated rings. The lowest BCUT2D eigenvalue weighted by atomic mass is 10.3. The van der Waals surface area contributed by atoms with Crippen molar-refractivity contribution < 1.29 is 18.7 Å². The van der Waals surface area contributed by atoms with E-state index in [1.54, 1.807) is 0 Å². The molecule has 1 amide bonds. The molecule has 1 aliphatic heterocycles. The summed E-state index contributed by atoms with van der Waals surface area (Å²) in [4.78, 5) is 38.6. The summed E-state index contributed by atoms with van der Waals surface area (Å²) in [5.74, 6) is -0.523. The summed E-state index contributed by atoms with van der Waals surface area (Å²) in [6.45, 7) is 3.24. The lowest BCUT2D eigenvalue weighted by Crippen LogP contribution is -2.52. The molecular weight excluding hydrogens is 347 g/mol. The van der Waals surface area contributed by atoms with E-state index in [-0.39, 0.29) is 5.69 Å². The molecule has 1 aliphatic rings. The largest absolute Gasteiger partial charge is 0.467 e. The summed E-state index contributed by atoms with van der Waals surface area (Å²) in [5, 5.41) is 7.26. The fraction of sp³-hybridized carbons (Fsp3) is 0.400. The normalized spacial score (nSPS) is 15.0. The average Bonchev–Trinajstić information content (AvgIpc) is 3.03. The van der Waals surface area contributed by atoms with Gasteiger partial charge in [0, 0.05) is 32.7 Å². The van der Waals surface area contributed by atoms with Crippen LogP contribution < -0.4 is 5.69 Å². The lowest BCUT2D eigenvalue weighted by molar-refractivity contribution is -0.129. The van der Waals surface area contributed by atoms with Crippen LogP contribution in [-0.4, -0.2) is 81.4 Å². The van der Waals surface area contributed by atoms with Gasteiger partial charge in [0.15, 0.2) is 0 Å². The highest BCUT2D eigenvalue weighted by atomic mass is 19.1. The van der Waals surface area contributed by atoms with Gasteiger partial charge in [0.25, 0.3) is 6.47 Å². The van der Waals surface area contributed by atoms with Crippen LogP contribution >= 0.6 is 0 Å². The van der Waals surface area contributed by atoms with Crippen LogP contribution in [0.2, 0.25) is 0 Å². The number of rotatable bonds is 5. The van der Waals surface area contributed by atoms with E-state index in [1.807, 2.05) is 4.90 Å². The van der Waals surface area contributed by atoms with Gasteiger partial charge in [-0.15, -0.1) is 4.68 Å². The Hall–Kier alpha value is -3.08. The summed E-state index contributed by atoms with van der Waals surface area (Å²) in [7, 11) is 0. The molecule has 0 N–H and O–H groups in total. The van der Waals surface area contributed by atoms with E-state index in [4.69, 9.17) is 0 Å². The minimum atomic E-state index is -0.762. The monoisotopic (exact) mass is 364 g/mol. The molecule has 0 atom stereocenters. The third-order valence-electron chi connectivity index (χ3n) is 4.05. The molecule has 2 heterocycles. The van der Waals surface area contributed by atoms with Crippen molar-refractivity contribution in [3.05, 3.63) is 40.6 Å². The molecule has 26 heavy (non-hydrogen) atoms. The van der Waals surface area contributed by atoms with Crippen LogP contribution in [0.15, 0.2) is 29.1 Å². The molecule has 1 saturated heterocycles. The SMILES string of the molecule is O=COCCN1CCN(C(=O)n2nnn(-c3cccc(F)c3)c2=O)CC1. The third kappa shape index (κ3) is 3.77. The van der Waals surface area contributed by atoms with Crippen LogP contribution in [0, 0.1) is 5.82 Å². The van der Waals surface area contributed by atoms with Gasteiger partial charge < -0.3 is 9.64 Å². The van der Waals surface area contributed by atoms with Crippen LogP contribution in [0.1, 0.15) is 0 Å². The van der Waals surface area contributed by atoms with Gasteiger partial charge in [0.2, 0.25) is 0 Å². The molecule has 0 radical (unpaired) electrons. The Kier molecular flexibility index (Phi) is 5.37. The number of tetrazole rings is 1. The summed E-state index contributed by atoms with van der Waals surface area (Å²) >= 11 is 0. The number of ether oxygens (including phenoxy) is 1. The predicted molar refractivity (Wildman–Crippen MR) is 86.4 cm³/mol. The van der Waals surface area contributed by atoms with E-state index in [0.717, 1.165) is 10.7 Å². The first-order valence-corrected chi connectivity index (χ1v) is 7.98. The second-order valence-electron chi connectivity index (χ2n) is 5.64. The minimum Gasteiger partial charge on any atom is -0.467 e. The molecule has 10 nitrogen and oxygen atoms in total. The average molecular weight is 364 g/mol. The third-order valence-corrected chi connectivity index (χ3v) is 4.05. The van der Waals surface area contributed by atoms with Crippen molar-refractivity contribution >= 4 is 12.5 Å². The van der Waals surface area contributed by atoms with E-state index in [2.05, 4.69) is 15.2 Å². The number of carbonyl (C=O) groups excluding carboxylic acids is 2. The van der Waals surface area contributed by atoms with Gasteiger partial charge in [0.1, 0.15) is 12.4 Å². The highest BCUT2D eigenvalue weighted by Crippen LogP contribution is 2.06. The second kappa shape index (κ2) is 7.87. The van der Waals surface area contributed by atoms with Gasteiger partial charge in [-0.05, 0) is 28.6 Å². The smallest absolute Gasteiger partial charge is 0.377 e. The lowest BCUT2D eigenvalue weighted by Gasteiger charge is -2.33.